The molecule has 1 unspecified atom stereocenters. The molecule has 0 bridgehead atoms. The van der Waals surface area contributed by atoms with Gasteiger partial charge in [0.2, 0.25) is 5.91 Å². The van der Waals surface area contributed by atoms with E-state index in [-0.39, 0.29) is 17.9 Å². The summed E-state index contributed by atoms with van der Waals surface area (Å²) in [4.78, 5) is 33.0. The van der Waals surface area contributed by atoms with Crippen molar-refractivity contribution in [2.75, 3.05) is 22.9 Å². The van der Waals surface area contributed by atoms with Crippen molar-refractivity contribution in [1.82, 2.24) is 4.90 Å². The lowest BCUT2D eigenvalue weighted by molar-refractivity contribution is -0.123. The highest BCUT2D eigenvalue weighted by molar-refractivity contribution is 8.13. The third-order valence-electron chi connectivity index (χ3n) is 5.68. The Labute approximate surface area is 199 Å². The van der Waals surface area contributed by atoms with Crippen LogP contribution in [0.2, 0.25) is 0 Å². The summed E-state index contributed by atoms with van der Waals surface area (Å²) in [5.74, 6) is 0.807. The van der Waals surface area contributed by atoms with E-state index in [0.29, 0.717) is 5.57 Å². The van der Waals surface area contributed by atoms with E-state index in [1.807, 2.05) is 82.3 Å². The van der Waals surface area contributed by atoms with Crippen molar-refractivity contribution < 1.29 is 9.59 Å². The molecule has 0 radical (unpaired) electrons. The standard InChI is InChI=1S/C26H30N4O2S/c1-17-21(23(31)28-19-11-6-5-7-12-19)22(30-14-9-15-33-25(30)27-17)18-10-8-13-20(16-18)29-24(32)26(2,3)4/h5-8,10-13,16,22H,9,14-15H2,1-4H3,(H,28,31)(H,29,32). The van der Waals surface area contributed by atoms with Crippen LogP contribution in [0.1, 0.15) is 45.7 Å². The summed E-state index contributed by atoms with van der Waals surface area (Å²) in [7, 11) is 0. The SMILES string of the molecule is CC1=C(C(=O)Nc2ccccc2)C(c2cccc(NC(=O)C(C)(C)C)c2)N2CCCSC2=N1. The maximum Gasteiger partial charge on any atom is 0.255 e. The largest absolute Gasteiger partial charge is 0.340 e. The molecule has 0 aromatic heterocycles. The van der Waals surface area contributed by atoms with Gasteiger partial charge in [-0.25, -0.2) is 4.99 Å². The molecule has 1 saturated heterocycles. The van der Waals surface area contributed by atoms with Gasteiger partial charge in [-0.1, -0.05) is 62.9 Å². The normalized spacial score (nSPS) is 18.4. The molecule has 0 spiro atoms. The maximum absolute atomic E-state index is 13.5. The van der Waals surface area contributed by atoms with Crippen LogP contribution in [-0.2, 0) is 9.59 Å². The third-order valence-corrected chi connectivity index (χ3v) is 6.75. The first-order chi connectivity index (χ1) is 15.7. The van der Waals surface area contributed by atoms with Gasteiger partial charge in [-0.05, 0) is 43.2 Å². The second kappa shape index (κ2) is 9.43. The van der Waals surface area contributed by atoms with Gasteiger partial charge in [0, 0.05) is 29.1 Å². The lowest BCUT2D eigenvalue weighted by atomic mass is 9.92. The highest BCUT2D eigenvalue weighted by Gasteiger charge is 2.37. The second-order valence-corrected chi connectivity index (χ2v) is 10.4. The molecule has 2 aromatic rings. The highest BCUT2D eigenvalue weighted by Crippen LogP contribution is 2.40. The number of fused-ring (bicyclic) bond motifs is 1. The van der Waals surface area contributed by atoms with E-state index < -0.39 is 5.41 Å². The predicted octanol–water partition coefficient (Wildman–Crippen LogP) is 5.43. The van der Waals surface area contributed by atoms with Crippen molar-refractivity contribution in [1.29, 1.82) is 0 Å². The zero-order chi connectivity index (χ0) is 23.6. The smallest absolute Gasteiger partial charge is 0.255 e. The number of hydrogen-bond acceptors (Lipinski definition) is 5. The summed E-state index contributed by atoms with van der Waals surface area (Å²) in [6, 6.07) is 17.0. The number of thioether (sulfide) groups is 1. The molecule has 2 aliphatic rings. The van der Waals surface area contributed by atoms with E-state index in [0.717, 1.165) is 46.5 Å². The lowest BCUT2D eigenvalue weighted by Crippen LogP contribution is -2.43. The van der Waals surface area contributed by atoms with Crippen molar-refractivity contribution in [3.63, 3.8) is 0 Å². The molecule has 33 heavy (non-hydrogen) atoms. The van der Waals surface area contributed by atoms with Gasteiger partial charge in [-0.2, -0.15) is 0 Å². The number of nitrogens with zero attached hydrogens (tertiary/aromatic N) is 2. The first-order valence-electron chi connectivity index (χ1n) is 11.2. The topological polar surface area (TPSA) is 73.8 Å². The van der Waals surface area contributed by atoms with Gasteiger partial charge in [0.05, 0.1) is 17.3 Å². The van der Waals surface area contributed by atoms with Crippen LogP contribution in [0.25, 0.3) is 0 Å². The lowest BCUT2D eigenvalue weighted by Gasteiger charge is -2.41. The van der Waals surface area contributed by atoms with E-state index in [9.17, 15) is 9.59 Å². The molecule has 2 N–H and O–H groups in total. The van der Waals surface area contributed by atoms with Crippen molar-refractivity contribution in [2.45, 2.75) is 40.2 Å². The van der Waals surface area contributed by atoms with Gasteiger partial charge in [0.1, 0.15) is 0 Å². The number of benzene rings is 2. The van der Waals surface area contributed by atoms with Gasteiger partial charge in [-0.3, -0.25) is 9.59 Å². The van der Waals surface area contributed by atoms with Crippen molar-refractivity contribution in [2.24, 2.45) is 10.4 Å². The monoisotopic (exact) mass is 462 g/mol. The minimum absolute atomic E-state index is 0.0483. The van der Waals surface area contributed by atoms with E-state index in [4.69, 9.17) is 4.99 Å². The Kier molecular flexibility index (Phi) is 6.61. The molecule has 2 aromatic carbocycles. The number of rotatable bonds is 4. The fourth-order valence-corrected chi connectivity index (χ4v) is 4.95. The van der Waals surface area contributed by atoms with Gasteiger partial charge < -0.3 is 15.5 Å². The van der Waals surface area contributed by atoms with Crippen LogP contribution in [0.15, 0.2) is 70.9 Å². The summed E-state index contributed by atoms with van der Waals surface area (Å²) in [5, 5.41) is 7.00. The van der Waals surface area contributed by atoms with Gasteiger partial charge in [0.25, 0.3) is 5.91 Å². The van der Waals surface area contributed by atoms with Crippen LogP contribution in [0, 0.1) is 5.41 Å². The number of allylic oxidation sites excluding steroid dienone is 1. The minimum atomic E-state index is -0.499. The molecule has 4 rings (SSSR count). The number of anilines is 2. The zero-order valence-electron chi connectivity index (χ0n) is 19.5. The molecule has 1 fully saturated rings. The number of carbonyl (C=O) groups excluding carboxylic acids is 2. The Balaban J connectivity index is 1.72. The second-order valence-electron chi connectivity index (χ2n) is 9.34. The average molecular weight is 463 g/mol. The molecule has 6 nitrogen and oxygen atoms in total. The molecule has 0 aliphatic carbocycles. The Bertz CT molecular complexity index is 1120. The van der Waals surface area contributed by atoms with Gasteiger partial charge in [0.15, 0.2) is 5.17 Å². The van der Waals surface area contributed by atoms with Crippen LogP contribution in [0.3, 0.4) is 0 Å². The van der Waals surface area contributed by atoms with Gasteiger partial charge >= 0.3 is 0 Å². The van der Waals surface area contributed by atoms with Crippen LogP contribution in [-0.4, -0.2) is 34.2 Å². The number of amides is 2. The van der Waals surface area contributed by atoms with Crippen LogP contribution < -0.4 is 10.6 Å². The van der Waals surface area contributed by atoms with Gasteiger partial charge in [-0.15, -0.1) is 0 Å². The van der Waals surface area contributed by atoms with Crippen molar-refractivity contribution in [3.05, 3.63) is 71.4 Å². The Morgan fingerprint density at radius 3 is 2.48 bits per heavy atom. The number of amidine groups is 1. The van der Waals surface area contributed by atoms with E-state index in [2.05, 4.69) is 15.5 Å². The molecule has 2 aliphatic heterocycles. The summed E-state index contributed by atoms with van der Waals surface area (Å²) in [6.07, 6.45) is 1.02. The number of para-hydroxylation sites is 1. The van der Waals surface area contributed by atoms with E-state index in [1.54, 1.807) is 11.8 Å². The Hall–Kier alpha value is -3.06. The number of aliphatic imine (C=N–C) groups is 1. The molecule has 172 valence electrons. The van der Waals surface area contributed by atoms with Crippen LogP contribution >= 0.6 is 11.8 Å². The predicted molar refractivity (Wildman–Crippen MR) is 136 cm³/mol. The Morgan fingerprint density at radius 2 is 1.76 bits per heavy atom. The molecular formula is C26H30N4O2S. The molecule has 2 amide bonds. The van der Waals surface area contributed by atoms with Crippen molar-refractivity contribution in [3.8, 4) is 0 Å². The fourth-order valence-electron chi connectivity index (χ4n) is 3.93. The Morgan fingerprint density at radius 1 is 1.03 bits per heavy atom. The molecule has 1 atom stereocenters. The van der Waals surface area contributed by atoms with E-state index in [1.165, 1.54) is 0 Å². The first-order valence-corrected chi connectivity index (χ1v) is 12.2. The molecular weight excluding hydrogens is 432 g/mol. The summed E-state index contributed by atoms with van der Waals surface area (Å²) in [6.45, 7) is 8.39. The number of carbonyl (C=O) groups is 2. The average Bonchev–Trinajstić information content (AvgIpc) is 2.78. The number of hydrogen-bond donors (Lipinski definition) is 2. The summed E-state index contributed by atoms with van der Waals surface area (Å²) < 4.78 is 0. The molecule has 0 saturated carbocycles. The van der Waals surface area contributed by atoms with E-state index >= 15 is 0 Å². The quantitative estimate of drug-likeness (QED) is 0.635. The fraction of sp³-hybridized carbons (Fsp3) is 0.346. The van der Waals surface area contributed by atoms with Crippen molar-refractivity contribution >= 4 is 40.1 Å². The minimum Gasteiger partial charge on any atom is -0.340 e. The third kappa shape index (κ3) is 5.14. The summed E-state index contributed by atoms with van der Waals surface area (Å²) in [5.41, 5.74) is 3.27. The first kappa shape index (κ1) is 23.1. The summed E-state index contributed by atoms with van der Waals surface area (Å²) >= 11 is 1.73. The van der Waals surface area contributed by atoms with Crippen LogP contribution in [0.4, 0.5) is 11.4 Å². The van der Waals surface area contributed by atoms with Crippen LogP contribution in [0.5, 0.6) is 0 Å². The molecule has 7 heteroatoms. The maximum atomic E-state index is 13.5. The molecule has 2 heterocycles. The zero-order valence-corrected chi connectivity index (χ0v) is 20.3. The number of nitrogens with one attached hydrogen (secondary N) is 2. The highest BCUT2D eigenvalue weighted by atomic mass is 32.2.